The molecule has 3 saturated heterocycles. The van der Waals surface area contributed by atoms with Gasteiger partial charge in [0, 0.05) is 72.3 Å². The monoisotopic (exact) mass is 762 g/mol. The summed E-state index contributed by atoms with van der Waals surface area (Å²) in [6, 6.07) is 19.8. The van der Waals surface area contributed by atoms with Crippen molar-refractivity contribution in [2.75, 3.05) is 24.5 Å². The van der Waals surface area contributed by atoms with E-state index in [2.05, 4.69) is 54.2 Å². The number of piperazine rings is 1. The van der Waals surface area contributed by atoms with Crippen LogP contribution in [-0.2, 0) is 16.0 Å². The quantitative estimate of drug-likeness (QED) is 0.295. The Bertz CT molecular complexity index is 2160. The van der Waals surface area contributed by atoms with Crippen molar-refractivity contribution in [1.82, 2.24) is 20.4 Å². The molecule has 5 aliphatic rings. The van der Waals surface area contributed by atoms with Gasteiger partial charge in [0.2, 0.25) is 11.8 Å². The number of nitriles is 1. The molecule has 0 spiro atoms. The third kappa shape index (κ3) is 6.23. The number of rotatable bonds is 9. The third-order valence-electron chi connectivity index (χ3n) is 12.4. The summed E-state index contributed by atoms with van der Waals surface area (Å²) in [5, 5.41) is 15.0. The number of piperidine rings is 1. The van der Waals surface area contributed by atoms with Crippen LogP contribution in [0.2, 0.25) is 5.02 Å². The molecule has 55 heavy (non-hydrogen) atoms. The average Bonchev–Trinajstić information content (AvgIpc) is 3.83. The zero-order valence-electron chi connectivity index (χ0n) is 31.2. The summed E-state index contributed by atoms with van der Waals surface area (Å²) in [6.07, 6.45) is 1.87. The number of benzene rings is 3. The highest BCUT2D eigenvalue weighted by atomic mass is 35.5. The first kappa shape index (κ1) is 36.7. The summed E-state index contributed by atoms with van der Waals surface area (Å²) in [6.45, 7) is 10.9. The molecule has 12 nitrogen and oxygen atoms in total. The summed E-state index contributed by atoms with van der Waals surface area (Å²) in [4.78, 5) is 69.9. The van der Waals surface area contributed by atoms with E-state index in [1.54, 1.807) is 30.3 Å². The zero-order chi connectivity index (χ0) is 39.0. The van der Waals surface area contributed by atoms with Gasteiger partial charge < -0.3 is 15.0 Å². The second-order valence-electron chi connectivity index (χ2n) is 16.6. The standard InChI is InChI=1S/C42H43ClN6O6/c1-41(2)39(42(3,4)40(41)55-29-11-9-25(20-44)32(43)19-29)46-35(51)24-7-5-23(6-8-24)15-16-47-21-28-17-27(47)22-48(28)26-10-12-30-31(18-26)38(54)49(37(30)53)33-13-14-34(50)45-36(33)52/h5-12,18-19,27-28,33,39-40H,13-17,21-22H2,1-4H3,(H,46,51)(H,45,50,52)/t27-,28-,33?,39?,40?/m0/s1. The molecule has 3 atom stereocenters. The van der Waals surface area contributed by atoms with E-state index in [9.17, 15) is 29.2 Å². The van der Waals surface area contributed by atoms with E-state index in [1.165, 1.54) is 0 Å². The Morgan fingerprint density at radius 2 is 1.67 bits per heavy atom. The summed E-state index contributed by atoms with van der Waals surface area (Å²) >= 11 is 6.24. The highest BCUT2D eigenvalue weighted by molar-refractivity contribution is 6.31. The van der Waals surface area contributed by atoms with Crippen molar-refractivity contribution in [2.45, 2.75) is 83.6 Å². The van der Waals surface area contributed by atoms with Crippen LogP contribution in [0.25, 0.3) is 0 Å². The third-order valence-corrected chi connectivity index (χ3v) is 12.8. The van der Waals surface area contributed by atoms with Crippen LogP contribution in [0, 0.1) is 22.2 Å². The highest BCUT2D eigenvalue weighted by Crippen LogP contribution is 2.55. The average molecular weight is 763 g/mol. The zero-order valence-corrected chi connectivity index (χ0v) is 32.0. The Morgan fingerprint density at radius 3 is 2.33 bits per heavy atom. The van der Waals surface area contributed by atoms with E-state index >= 15 is 0 Å². The van der Waals surface area contributed by atoms with Gasteiger partial charge in [-0.2, -0.15) is 5.26 Å². The minimum atomic E-state index is -0.983. The summed E-state index contributed by atoms with van der Waals surface area (Å²) in [5.41, 5.74) is 2.90. The Hall–Kier alpha value is -5.25. The van der Waals surface area contributed by atoms with E-state index in [0.717, 1.165) is 48.6 Å². The maximum Gasteiger partial charge on any atom is 0.262 e. The SMILES string of the molecule is CC1(C)C(NC(=O)c2ccc(CCN3C[C@@H]4C[C@H]3CN4c3ccc4c(c3)C(=O)N(C3CCC(=O)NC3=O)C4=O)cc2)C(C)(C)C1Oc1ccc(C#N)c(Cl)c1. The van der Waals surface area contributed by atoms with Gasteiger partial charge in [-0.3, -0.25) is 39.1 Å². The molecule has 0 radical (unpaired) electrons. The van der Waals surface area contributed by atoms with Gasteiger partial charge in [-0.05, 0) is 67.3 Å². The van der Waals surface area contributed by atoms with Crippen molar-refractivity contribution < 1.29 is 28.7 Å². The predicted molar refractivity (Wildman–Crippen MR) is 204 cm³/mol. The Morgan fingerprint density at radius 1 is 0.945 bits per heavy atom. The second kappa shape index (κ2) is 13.5. The van der Waals surface area contributed by atoms with Gasteiger partial charge in [0.05, 0.1) is 21.7 Å². The number of imide groups is 2. The lowest BCUT2D eigenvalue weighted by atomic mass is 9.49. The van der Waals surface area contributed by atoms with Gasteiger partial charge in [0.15, 0.2) is 0 Å². The van der Waals surface area contributed by atoms with Gasteiger partial charge in [-0.15, -0.1) is 0 Å². The molecule has 4 heterocycles. The largest absolute Gasteiger partial charge is 0.489 e. The number of nitrogens with zero attached hydrogens (tertiary/aromatic N) is 4. The van der Waals surface area contributed by atoms with E-state index in [1.807, 2.05) is 30.3 Å². The van der Waals surface area contributed by atoms with Crippen LogP contribution in [0.1, 0.15) is 89.2 Å². The molecule has 3 aromatic rings. The molecule has 5 amide bonds. The van der Waals surface area contributed by atoms with Gasteiger partial charge in [-0.1, -0.05) is 51.4 Å². The van der Waals surface area contributed by atoms with Crippen LogP contribution in [0.15, 0.2) is 60.7 Å². The molecule has 1 unspecified atom stereocenters. The molecule has 2 N–H and O–H groups in total. The molecule has 8 rings (SSSR count). The van der Waals surface area contributed by atoms with Crippen LogP contribution < -0.4 is 20.3 Å². The molecule has 1 aliphatic carbocycles. The molecule has 0 aromatic heterocycles. The molecule has 2 bridgehead atoms. The van der Waals surface area contributed by atoms with E-state index < -0.39 is 29.7 Å². The fraction of sp³-hybridized carbons (Fsp3) is 0.429. The van der Waals surface area contributed by atoms with Crippen LogP contribution in [-0.4, -0.2) is 89.2 Å². The number of fused-ring (bicyclic) bond motifs is 3. The fourth-order valence-corrected chi connectivity index (χ4v) is 10.1. The summed E-state index contributed by atoms with van der Waals surface area (Å²) < 4.78 is 6.37. The molecule has 3 aromatic carbocycles. The summed E-state index contributed by atoms with van der Waals surface area (Å²) in [7, 11) is 0. The number of hydrogen-bond donors (Lipinski definition) is 2. The van der Waals surface area contributed by atoms with E-state index in [4.69, 9.17) is 16.3 Å². The number of carbonyl (C=O) groups excluding carboxylic acids is 5. The van der Waals surface area contributed by atoms with Gasteiger partial charge >= 0.3 is 0 Å². The number of ether oxygens (including phenoxy) is 1. The van der Waals surface area contributed by atoms with Gasteiger partial charge in [0.1, 0.15) is 24.0 Å². The number of halogens is 1. The van der Waals surface area contributed by atoms with E-state index in [0.29, 0.717) is 33.5 Å². The maximum absolute atomic E-state index is 13.4. The Balaban J connectivity index is 0.837. The molecule has 1 saturated carbocycles. The molecule has 284 valence electrons. The smallest absolute Gasteiger partial charge is 0.262 e. The minimum absolute atomic E-state index is 0.0841. The normalized spacial score (nSPS) is 26.4. The van der Waals surface area contributed by atoms with E-state index in [-0.39, 0.29) is 53.3 Å². The number of anilines is 1. The minimum Gasteiger partial charge on any atom is -0.489 e. The van der Waals surface area contributed by atoms with Gasteiger partial charge in [-0.25, -0.2) is 0 Å². The van der Waals surface area contributed by atoms with Crippen molar-refractivity contribution >= 4 is 46.8 Å². The maximum atomic E-state index is 13.4. The van der Waals surface area contributed by atoms with Gasteiger partial charge in [0.25, 0.3) is 17.7 Å². The topological polar surface area (TPSA) is 152 Å². The first-order chi connectivity index (χ1) is 26.2. The number of hydrogen-bond acceptors (Lipinski definition) is 9. The first-order valence-electron chi connectivity index (χ1n) is 18.8. The van der Waals surface area contributed by atoms with Crippen LogP contribution >= 0.6 is 11.6 Å². The number of likely N-dealkylation sites (tertiary alicyclic amines) is 1. The first-order valence-corrected chi connectivity index (χ1v) is 19.2. The lowest BCUT2D eigenvalue weighted by molar-refractivity contribution is -0.164. The highest BCUT2D eigenvalue weighted by Gasteiger charge is 2.64. The second-order valence-corrected chi connectivity index (χ2v) is 17.0. The molecular weight excluding hydrogens is 720 g/mol. The molecule has 13 heteroatoms. The summed E-state index contributed by atoms with van der Waals surface area (Å²) in [5.74, 6) is -1.54. The number of carbonyl (C=O) groups is 5. The number of nitrogens with one attached hydrogen (secondary N) is 2. The number of amides is 5. The predicted octanol–water partition coefficient (Wildman–Crippen LogP) is 4.73. The van der Waals surface area contributed by atoms with Crippen LogP contribution in [0.5, 0.6) is 5.75 Å². The molecule has 4 fully saturated rings. The fourth-order valence-electron chi connectivity index (χ4n) is 9.88. The van der Waals surface area contributed by atoms with Crippen molar-refractivity contribution in [3.63, 3.8) is 0 Å². The lowest BCUT2D eigenvalue weighted by Gasteiger charge is -2.63. The van der Waals surface area contributed by atoms with Crippen molar-refractivity contribution in [3.05, 3.63) is 93.5 Å². The van der Waals surface area contributed by atoms with Crippen LogP contribution in [0.4, 0.5) is 5.69 Å². The van der Waals surface area contributed by atoms with Crippen molar-refractivity contribution in [3.8, 4) is 11.8 Å². The Labute approximate surface area is 324 Å². The molecule has 4 aliphatic heterocycles. The van der Waals surface area contributed by atoms with Crippen LogP contribution in [0.3, 0.4) is 0 Å². The van der Waals surface area contributed by atoms with Crippen molar-refractivity contribution in [2.24, 2.45) is 10.8 Å². The molecular formula is C42H43ClN6O6. The lowest BCUT2D eigenvalue weighted by Crippen LogP contribution is -2.74. The van der Waals surface area contributed by atoms with Crippen molar-refractivity contribution in [1.29, 1.82) is 5.26 Å². The Kier molecular flexibility index (Phi) is 9.01.